The number of benzene rings is 1. The number of aromatic nitrogens is 4. The summed E-state index contributed by atoms with van der Waals surface area (Å²) >= 11 is 0. The van der Waals surface area contributed by atoms with E-state index in [1.807, 2.05) is 51.1 Å². The van der Waals surface area contributed by atoms with Crippen LogP contribution in [-0.2, 0) is 6.42 Å². The standard InChI is InChI=1S/C23H23N5O/c1-13(2)25-19-7-5-17(6-8-19)20-11-18-9-16(12-24-23(18)26-20)10-21(29)22-14(3)15(4)27-28-22/h5-9,11-12,25H,1,10H2,2-4H3,(H,24,26)(H,27,28). The van der Waals surface area contributed by atoms with Crippen LogP contribution in [0.2, 0.25) is 0 Å². The summed E-state index contributed by atoms with van der Waals surface area (Å²) in [5.41, 5.74) is 7.93. The molecular weight excluding hydrogens is 362 g/mol. The maximum atomic E-state index is 12.6. The highest BCUT2D eigenvalue weighted by molar-refractivity contribution is 5.97. The van der Waals surface area contributed by atoms with Gasteiger partial charge in [0.1, 0.15) is 11.3 Å². The van der Waals surface area contributed by atoms with Crippen molar-refractivity contribution in [3.05, 3.63) is 77.4 Å². The van der Waals surface area contributed by atoms with Crippen LogP contribution < -0.4 is 5.32 Å². The first-order valence-corrected chi connectivity index (χ1v) is 9.46. The van der Waals surface area contributed by atoms with Crippen molar-refractivity contribution in [2.24, 2.45) is 0 Å². The van der Waals surface area contributed by atoms with Crippen molar-refractivity contribution in [1.29, 1.82) is 0 Å². The van der Waals surface area contributed by atoms with Crippen LogP contribution in [0, 0.1) is 13.8 Å². The Morgan fingerprint density at radius 2 is 1.93 bits per heavy atom. The highest BCUT2D eigenvalue weighted by Gasteiger charge is 2.15. The third kappa shape index (κ3) is 3.82. The molecule has 4 rings (SSSR count). The van der Waals surface area contributed by atoms with Crippen molar-refractivity contribution in [3.63, 3.8) is 0 Å². The predicted molar refractivity (Wildman–Crippen MR) is 116 cm³/mol. The van der Waals surface area contributed by atoms with E-state index in [1.165, 1.54) is 0 Å². The van der Waals surface area contributed by atoms with Gasteiger partial charge in [-0.1, -0.05) is 18.7 Å². The number of anilines is 1. The topological polar surface area (TPSA) is 86.5 Å². The number of allylic oxidation sites excluding steroid dienone is 1. The second-order valence-electron chi connectivity index (χ2n) is 7.37. The Hall–Kier alpha value is -3.67. The van der Waals surface area contributed by atoms with Crippen molar-refractivity contribution in [2.75, 3.05) is 5.32 Å². The van der Waals surface area contributed by atoms with E-state index in [-0.39, 0.29) is 12.2 Å². The van der Waals surface area contributed by atoms with E-state index < -0.39 is 0 Å². The molecule has 6 heteroatoms. The Morgan fingerprint density at radius 3 is 2.59 bits per heavy atom. The van der Waals surface area contributed by atoms with E-state index in [1.54, 1.807) is 6.20 Å². The molecule has 146 valence electrons. The number of H-pyrrole nitrogens is 2. The van der Waals surface area contributed by atoms with Crippen molar-refractivity contribution in [2.45, 2.75) is 27.2 Å². The summed E-state index contributed by atoms with van der Waals surface area (Å²) in [5, 5.41) is 11.2. The molecule has 3 N–H and O–H groups in total. The molecule has 3 heterocycles. The molecule has 0 amide bonds. The summed E-state index contributed by atoms with van der Waals surface area (Å²) in [4.78, 5) is 20.4. The number of rotatable bonds is 6. The molecule has 3 aromatic heterocycles. The number of pyridine rings is 1. The summed E-state index contributed by atoms with van der Waals surface area (Å²) in [6, 6.07) is 12.2. The third-order valence-electron chi connectivity index (χ3n) is 4.96. The first-order valence-electron chi connectivity index (χ1n) is 9.46. The predicted octanol–water partition coefficient (Wildman–Crippen LogP) is 4.94. The molecule has 0 spiro atoms. The molecule has 0 saturated heterocycles. The molecule has 0 atom stereocenters. The summed E-state index contributed by atoms with van der Waals surface area (Å²) in [6.45, 7) is 9.60. The lowest BCUT2D eigenvalue weighted by molar-refractivity contribution is 0.0987. The molecule has 1 aromatic carbocycles. The molecule has 0 unspecified atom stereocenters. The highest BCUT2D eigenvalue weighted by Crippen LogP contribution is 2.25. The van der Waals surface area contributed by atoms with Gasteiger partial charge in [0.2, 0.25) is 0 Å². The molecule has 0 aliphatic heterocycles. The minimum Gasteiger partial charge on any atom is -0.360 e. The number of nitrogens with zero attached hydrogens (tertiary/aromatic N) is 2. The van der Waals surface area contributed by atoms with Crippen LogP contribution in [-0.4, -0.2) is 25.9 Å². The van der Waals surface area contributed by atoms with Gasteiger partial charge in [-0.2, -0.15) is 5.10 Å². The number of Topliss-reactive ketones (excluding diaryl/α,β-unsaturated/α-hetero) is 1. The molecule has 0 fully saturated rings. The minimum atomic E-state index is -0.00985. The Bertz CT molecular complexity index is 1210. The number of nitrogens with one attached hydrogen (secondary N) is 3. The average Bonchev–Trinajstić information content (AvgIpc) is 3.25. The Kier molecular flexibility index (Phi) is 4.76. The molecule has 6 nitrogen and oxygen atoms in total. The fourth-order valence-electron chi connectivity index (χ4n) is 3.32. The van der Waals surface area contributed by atoms with Crippen LogP contribution in [0.1, 0.15) is 34.2 Å². The van der Waals surface area contributed by atoms with Crippen LogP contribution >= 0.6 is 0 Å². The third-order valence-corrected chi connectivity index (χ3v) is 4.96. The largest absolute Gasteiger partial charge is 0.360 e. The van der Waals surface area contributed by atoms with Crippen molar-refractivity contribution >= 4 is 22.5 Å². The molecule has 4 aromatic rings. The van der Waals surface area contributed by atoms with Crippen LogP contribution in [0.4, 0.5) is 5.69 Å². The lowest BCUT2D eigenvalue weighted by atomic mass is 10.0. The number of aromatic amines is 2. The van der Waals surface area contributed by atoms with E-state index in [9.17, 15) is 4.79 Å². The van der Waals surface area contributed by atoms with Gasteiger partial charge in [0.25, 0.3) is 0 Å². The molecule has 0 radical (unpaired) electrons. The van der Waals surface area contributed by atoms with Gasteiger partial charge in [-0.3, -0.25) is 9.89 Å². The zero-order valence-corrected chi connectivity index (χ0v) is 16.8. The first kappa shape index (κ1) is 18.7. The van der Waals surface area contributed by atoms with Gasteiger partial charge in [-0.05, 0) is 56.2 Å². The smallest absolute Gasteiger partial charge is 0.187 e. The maximum absolute atomic E-state index is 12.6. The summed E-state index contributed by atoms with van der Waals surface area (Å²) in [6.07, 6.45) is 2.02. The van der Waals surface area contributed by atoms with Crippen LogP contribution in [0.25, 0.3) is 22.3 Å². The van der Waals surface area contributed by atoms with Crippen molar-refractivity contribution < 1.29 is 4.79 Å². The number of carbonyl (C=O) groups excluding carboxylic acids is 1. The molecule has 0 aliphatic carbocycles. The zero-order valence-electron chi connectivity index (χ0n) is 16.8. The van der Waals surface area contributed by atoms with Gasteiger partial charge >= 0.3 is 0 Å². The lowest BCUT2D eigenvalue weighted by Gasteiger charge is -2.05. The van der Waals surface area contributed by atoms with E-state index >= 15 is 0 Å². The number of fused-ring (bicyclic) bond motifs is 1. The zero-order chi connectivity index (χ0) is 20.5. The van der Waals surface area contributed by atoms with Gasteiger partial charge < -0.3 is 10.3 Å². The Labute approximate surface area is 169 Å². The summed E-state index contributed by atoms with van der Waals surface area (Å²) in [7, 11) is 0. The molecule has 0 saturated carbocycles. The second kappa shape index (κ2) is 7.39. The normalized spacial score (nSPS) is 11.0. The fourth-order valence-corrected chi connectivity index (χ4v) is 3.32. The van der Waals surface area contributed by atoms with Crippen LogP contribution in [0.3, 0.4) is 0 Å². The lowest BCUT2D eigenvalue weighted by Crippen LogP contribution is -2.06. The minimum absolute atomic E-state index is 0.00985. The van der Waals surface area contributed by atoms with Crippen LogP contribution in [0.5, 0.6) is 0 Å². The van der Waals surface area contributed by atoms with Crippen LogP contribution in [0.15, 0.2) is 54.9 Å². The number of hydrogen-bond acceptors (Lipinski definition) is 4. The number of carbonyl (C=O) groups is 1. The van der Waals surface area contributed by atoms with Gasteiger partial charge in [-0.15, -0.1) is 0 Å². The molecule has 29 heavy (non-hydrogen) atoms. The van der Waals surface area contributed by atoms with Crippen molar-refractivity contribution in [3.8, 4) is 11.3 Å². The molecule has 0 aliphatic rings. The summed E-state index contributed by atoms with van der Waals surface area (Å²) in [5.74, 6) is -0.00985. The SMILES string of the molecule is C=C(C)Nc1ccc(-c2cc3cc(CC(=O)c4n[nH]c(C)c4C)cnc3[nH]2)cc1. The quantitative estimate of drug-likeness (QED) is 0.410. The van der Waals surface area contributed by atoms with E-state index in [2.05, 4.69) is 38.1 Å². The van der Waals surface area contributed by atoms with Gasteiger partial charge in [0, 0.05) is 46.3 Å². The monoisotopic (exact) mass is 385 g/mol. The van der Waals surface area contributed by atoms with Gasteiger partial charge in [0.05, 0.1) is 0 Å². The van der Waals surface area contributed by atoms with Crippen molar-refractivity contribution in [1.82, 2.24) is 20.2 Å². The van der Waals surface area contributed by atoms with Gasteiger partial charge in [0.15, 0.2) is 5.78 Å². The Balaban J connectivity index is 1.57. The second-order valence-corrected chi connectivity index (χ2v) is 7.37. The molecular formula is C23H23N5O. The average molecular weight is 385 g/mol. The highest BCUT2D eigenvalue weighted by atomic mass is 16.1. The maximum Gasteiger partial charge on any atom is 0.187 e. The number of hydrogen-bond donors (Lipinski definition) is 3. The van der Waals surface area contributed by atoms with Gasteiger partial charge in [-0.25, -0.2) is 4.98 Å². The first-order chi connectivity index (χ1) is 13.9. The summed E-state index contributed by atoms with van der Waals surface area (Å²) < 4.78 is 0. The van der Waals surface area contributed by atoms with E-state index in [0.29, 0.717) is 5.69 Å². The number of ketones is 1. The molecule has 0 bridgehead atoms. The van der Waals surface area contributed by atoms with E-state index in [4.69, 9.17) is 0 Å². The number of aryl methyl sites for hydroxylation is 1. The fraction of sp³-hybridized carbons (Fsp3) is 0.174. The Morgan fingerprint density at radius 1 is 1.17 bits per heavy atom. The van der Waals surface area contributed by atoms with E-state index in [0.717, 1.165) is 50.5 Å².